The van der Waals surface area contributed by atoms with E-state index in [0.29, 0.717) is 6.04 Å². The van der Waals surface area contributed by atoms with Crippen LogP contribution in [0, 0.1) is 6.92 Å². The van der Waals surface area contributed by atoms with Crippen molar-refractivity contribution in [3.63, 3.8) is 0 Å². The van der Waals surface area contributed by atoms with Gasteiger partial charge in [-0.1, -0.05) is 42.0 Å². The Labute approximate surface area is 115 Å². The molecule has 0 aliphatic heterocycles. The molecule has 0 aliphatic rings. The van der Waals surface area contributed by atoms with Gasteiger partial charge < -0.3 is 11.1 Å². The van der Waals surface area contributed by atoms with Crippen molar-refractivity contribution >= 4 is 5.69 Å². The number of aryl methyl sites for hydroxylation is 1. The van der Waals surface area contributed by atoms with Gasteiger partial charge in [-0.05, 0) is 43.5 Å². The van der Waals surface area contributed by atoms with Crippen LogP contribution in [0.25, 0.3) is 0 Å². The zero-order valence-corrected chi connectivity index (χ0v) is 11.7. The zero-order chi connectivity index (χ0) is 13.7. The van der Waals surface area contributed by atoms with Gasteiger partial charge in [-0.3, -0.25) is 0 Å². The second-order valence-electron chi connectivity index (χ2n) is 5.21. The molecule has 100 valence electrons. The molecule has 2 rings (SSSR count). The van der Waals surface area contributed by atoms with Gasteiger partial charge in [0.1, 0.15) is 0 Å². The van der Waals surface area contributed by atoms with Crippen molar-refractivity contribution in [3.8, 4) is 0 Å². The number of anilines is 1. The van der Waals surface area contributed by atoms with Gasteiger partial charge in [-0.15, -0.1) is 0 Å². The van der Waals surface area contributed by atoms with Crippen molar-refractivity contribution in [2.24, 2.45) is 0 Å². The highest BCUT2D eigenvalue weighted by Gasteiger charge is 2.03. The molecule has 19 heavy (non-hydrogen) atoms. The summed E-state index contributed by atoms with van der Waals surface area (Å²) in [6.45, 7) is 5.24. The molecule has 3 N–H and O–H groups in total. The Morgan fingerprint density at radius 3 is 2.16 bits per heavy atom. The highest BCUT2D eigenvalue weighted by molar-refractivity contribution is 5.39. The Balaban J connectivity index is 1.82. The van der Waals surface area contributed by atoms with E-state index in [2.05, 4.69) is 55.6 Å². The van der Waals surface area contributed by atoms with Gasteiger partial charge >= 0.3 is 0 Å². The Morgan fingerprint density at radius 2 is 1.53 bits per heavy atom. The summed E-state index contributed by atoms with van der Waals surface area (Å²) < 4.78 is 0. The summed E-state index contributed by atoms with van der Waals surface area (Å²) in [5.74, 6) is 0. The highest BCUT2D eigenvalue weighted by atomic mass is 14.9. The molecule has 0 spiro atoms. The fraction of sp³-hybridized carbons (Fsp3) is 0.294. The van der Waals surface area contributed by atoms with Crippen LogP contribution in [0.3, 0.4) is 0 Å². The molecule has 2 nitrogen and oxygen atoms in total. The lowest BCUT2D eigenvalue weighted by Crippen LogP contribution is -2.27. The molecule has 0 saturated heterocycles. The average molecular weight is 254 g/mol. The van der Waals surface area contributed by atoms with Gasteiger partial charge in [0, 0.05) is 18.3 Å². The first-order valence-electron chi connectivity index (χ1n) is 6.77. The molecule has 0 aliphatic carbocycles. The van der Waals surface area contributed by atoms with Crippen molar-refractivity contribution < 1.29 is 0 Å². The molecule has 1 unspecified atom stereocenters. The van der Waals surface area contributed by atoms with E-state index in [1.807, 2.05) is 12.1 Å². The van der Waals surface area contributed by atoms with Crippen LogP contribution in [-0.2, 0) is 13.0 Å². The summed E-state index contributed by atoms with van der Waals surface area (Å²) in [6, 6.07) is 17.2. The van der Waals surface area contributed by atoms with Crippen LogP contribution < -0.4 is 11.1 Å². The van der Waals surface area contributed by atoms with Crippen molar-refractivity contribution in [2.75, 3.05) is 5.73 Å². The second-order valence-corrected chi connectivity index (χ2v) is 5.21. The first kappa shape index (κ1) is 13.6. The lowest BCUT2D eigenvalue weighted by molar-refractivity contribution is 0.545. The first-order chi connectivity index (χ1) is 9.13. The zero-order valence-electron chi connectivity index (χ0n) is 11.7. The summed E-state index contributed by atoms with van der Waals surface area (Å²) in [6.07, 6.45) is 1.02. The summed E-state index contributed by atoms with van der Waals surface area (Å²) >= 11 is 0. The predicted molar refractivity (Wildman–Crippen MR) is 82.0 cm³/mol. The Kier molecular flexibility index (Phi) is 4.58. The number of hydrogen-bond acceptors (Lipinski definition) is 2. The van der Waals surface area contributed by atoms with E-state index in [0.717, 1.165) is 18.7 Å². The van der Waals surface area contributed by atoms with Gasteiger partial charge in [-0.2, -0.15) is 0 Å². The SMILES string of the molecule is Cc1ccc(CNC(C)Cc2ccc(N)cc2)cc1. The van der Waals surface area contributed by atoms with Crippen molar-refractivity contribution in [1.82, 2.24) is 5.32 Å². The maximum Gasteiger partial charge on any atom is 0.0314 e. The van der Waals surface area contributed by atoms with E-state index < -0.39 is 0 Å². The molecular formula is C17H22N2. The van der Waals surface area contributed by atoms with E-state index in [4.69, 9.17) is 5.73 Å². The minimum atomic E-state index is 0.449. The van der Waals surface area contributed by atoms with E-state index in [9.17, 15) is 0 Å². The summed E-state index contributed by atoms with van der Waals surface area (Å²) in [4.78, 5) is 0. The third-order valence-corrected chi connectivity index (χ3v) is 3.30. The molecule has 0 amide bonds. The fourth-order valence-corrected chi connectivity index (χ4v) is 2.08. The maximum atomic E-state index is 5.69. The van der Waals surface area contributed by atoms with Gasteiger partial charge in [0.25, 0.3) is 0 Å². The van der Waals surface area contributed by atoms with Gasteiger partial charge in [-0.25, -0.2) is 0 Å². The first-order valence-corrected chi connectivity index (χ1v) is 6.77. The molecule has 0 aromatic heterocycles. The average Bonchev–Trinajstić information content (AvgIpc) is 2.41. The molecule has 0 fully saturated rings. The number of rotatable bonds is 5. The molecule has 0 radical (unpaired) electrons. The van der Waals surface area contributed by atoms with Gasteiger partial charge in [0.2, 0.25) is 0 Å². The summed E-state index contributed by atoms with van der Waals surface area (Å²) in [7, 11) is 0. The summed E-state index contributed by atoms with van der Waals surface area (Å²) in [5.41, 5.74) is 10.5. The molecular weight excluding hydrogens is 232 g/mol. The van der Waals surface area contributed by atoms with E-state index >= 15 is 0 Å². The molecule has 0 bridgehead atoms. The Bertz CT molecular complexity index is 500. The fourth-order valence-electron chi connectivity index (χ4n) is 2.08. The molecule has 1 atom stereocenters. The van der Waals surface area contributed by atoms with Crippen LogP contribution in [0.5, 0.6) is 0 Å². The van der Waals surface area contributed by atoms with E-state index in [1.165, 1.54) is 16.7 Å². The van der Waals surface area contributed by atoms with Crippen LogP contribution in [0.4, 0.5) is 5.69 Å². The number of nitrogen functional groups attached to an aromatic ring is 1. The summed E-state index contributed by atoms with van der Waals surface area (Å²) in [5, 5.41) is 3.55. The van der Waals surface area contributed by atoms with E-state index in [-0.39, 0.29) is 0 Å². The van der Waals surface area contributed by atoms with Gasteiger partial charge in [0.15, 0.2) is 0 Å². The standard InChI is InChI=1S/C17H22N2/c1-13-3-5-16(6-4-13)12-19-14(2)11-15-7-9-17(18)10-8-15/h3-10,14,19H,11-12,18H2,1-2H3. The maximum absolute atomic E-state index is 5.69. The van der Waals surface area contributed by atoms with Gasteiger partial charge in [0.05, 0.1) is 0 Å². The smallest absolute Gasteiger partial charge is 0.0314 e. The van der Waals surface area contributed by atoms with Crippen LogP contribution in [-0.4, -0.2) is 6.04 Å². The Hall–Kier alpha value is -1.80. The van der Waals surface area contributed by atoms with Crippen LogP contribution in [0.1, 0.15) is 23.6 Å². The molecule has 0 saturated carbocycles. The quantitative estimate of drug-likeness (QED) is 0.803. The monoisotopic (exact) mass is 254 g/mol. The normalized spacial score (nSPS) is 12.3. The third kappa shape index (κ3) is 4.42. The molecule has 2 aromatic carbocycles. The topological polar surface area (TPSA) is 38.0 Å². The molecule has 2 heteroatoms. The van der Waals surface area contributed by atoms with Crippen LogP contribution in [0.15, 0.2) is 48.5 Å². The lowest BCUT2D eigenvalue weighted by atomic mass is 10.1. The van der Waals surface area contributed by atoms with Crippen LogP contribution in [0.2, 0.25) is 0 Å². The third-order valence-electron chi connectivity index (χ3n) is 3.30. The largest absolute Gasteiger partial charge is 0.399 e. The predicted octanol–water partition coefficient (Wildman–Crippen LogP) is 3.30. The van der Waals surface area contributed by atoms with Crippen molar-refractivity contribution in [3.05, 3.63) is 65.2 Å². The van der Waals surface area contributed by atoms with Crippen molar-refractivity contribution in [1.29, 1.82) is 0 Å². The molecule has 2 aromatic rings. The minimum Gasteiger partial charge on any atom is -0.399 e. The molecule has 0 heterocycles. The van der Waals surface area contributed by atoms with E-state index in [1.54, 1.807) is 0 Å². The number of benzene rings is 2. The van der Waals surface area contributed by atoms with Crippen LogP contribution >= 0.6 is 0 Å². The number of hydrogen-bond donors (Lipinski definition) is 2. The second kappa shape index (κ2) is 6.39. The minimum absolute atomic E-state index is 0.449. The Morgan fingerprint density at radius 1 is 0.947 bits per heavy atom. The number of nitrogens with two attached hydrogens (primary N) is 1. The lowest BCUT2D eigenvalue weighted by Gasteiger charge is -2.14. The van der Waals surface area contributed by atoms with Crippen molar-refractivity contribution in [2.45, 2.75) is 32.9 Å². The highest BCUT2D eigenvalue weighted by Crippen LogP contribution is 2.08. The number of nitrogens with one attached hydrogen (secondary N) is 1.